The van der Waals surface area contributed by atoms with E-state index >= 15 is 0 Å². The van der Waals surface area contributed by atoms with Gasteiger partial charge >= 0.3 is 6.18 Å². The van der Waals surface area contributed by atoms with Crippen molar-refractivity contribution in [1.82, 2.24) is 4.90 Å². The topological polar surface area (TPSA) is 78.5 Å². The summed E-state index contributed by atoms with van der Waals surface area (Å²) in [6.07, 6.45) is -3.20. The first-order valence-electron chi connectivity index (χ1n) is 10.3. The lowest BCUT2D eigenvalue weighted by Crippen LogP contribution is -2.41. The number of halogens is 3. The summed E-state index contributed by atoms with van der Waals surface area (Å²) >= 11 is 0. The molecule has 3 rings (SSSR count). The Morgan fingerprint density at radius 1 is 0.969 bits per heavy atom. The van der Waals surface area contributed by atoms with Crippen molar-refractivity contribution in [3.63, 3.8) is 0 Å². The van der Waals surface area contributed by atoms with Crippen LogP contribution in [0.4, 0.5) is 24.5 Å². The van der Waals surface area contributed by atoms with Crippen molar-refractivity contribution in [2.24, 2.45) is 5.92 Å². The van der Waals surface area contributed by atoms with E-state index in [9.17, 15) is 27.6 Å². The minimum Gasteiger partial charge on any atom is -0.339 e. The van der Waals surface area contributed by atoms with Gasteiger partial charge in [0.1, 0.15) is 0 Å². The Kier molecular flexibility index (Phi) is 7.17. The second-order valence-corrected chi connectivity index (χ2v) is 7.61. The number of nitrogens with one attached hydrogen (secondary N) is 2. The predicted octanol–water partition coefficient (Wildman–Crippen LogP) is 4.54. The smallest absolute Gasteiger partial charge is 0.339 e. The van der Waals surface area contributed by atoms with Crippen LogP contribution in [0, 0.1) is 5.92 Å². The Hall–Kier alpha value is -3.36. The van der Waals surface area contributed by atoms with Gasteiger partial charge in [-0.1, -0.05) is 13.0 Å². The average Bonchev–Trinajstić information content (AvgIpc) is 2.78. The van der Waals surface area contributed by atoms with Gasteiger partial charge in [-0.2, -0.15) is 13.2 Å². The molecule has 2 aromatic rings. The molecule has 0 aromatic heterocycles. The highest BCUT2D eigenvalue weighted by Gasteiger charge is 2.31. The molecule has 0 unspecified atom stereocenters. The van der Waals surface area contributed by atoms with Gasteiger partial charge in [0.15, 0.2) is 0 Å². The molecule has 0 radical (unpaired) electrons. The van der Waals surface area contributed by atoms with Crippen LogP contribution in [0.25, 0.3) is 0 Å². The molecule has 170 valence electrons. The van der Waals surface area contributed by atoms with Gasteiger partial charge in [-0.15, -0.1) is 0 Å². The first-order chi connectivity index (χ1) is 15.2. The molecule has 1 fully saturated rings. The molecule has 0 atom stereocenters. The molecule has 2 aromatic carbocycles. The highest BCUT2D eigenvalue weighted by atomic mass is 19.4. The highest BCUT2D eigenvalue weighted by Crippen LogP contribution is 2.29. The van der Waals surface area contributed by atoms with Crippen LogP contribution in [0.5, 0.6) is 0 Å². The van der Waals surface area contributed by atoms with Gasteiger partial charge in [-0.3, -0.25) is 14.4 Å². The quantitative estimate of drug-likeness (QED) is 0.706. The number of carbonyl (C=O) groups excluding carboxylic acids is 3. The molecule has 0 spiro atoms. The second kappa shape index (κ2) is 9.84. The lowest BCUT2D eigenvalue weighted by Gasteiger charge is -2.31. The molecule has 3 amide bonds. The van der Waals surface area contributed by atoms with Crippen LogP contribution in [0.1, 0.15) is 42.1 Å². The molecule has 0 bridgehead atoms. The number of piperidine rings is 1. The molecule has 6 nitrogen and oxygen atoms in total. The third kappa shape index (κ3) is 5.87. The fourth-order valence-corrected chi connectivity index (χ4v) is 3.50. The average molecular weight is 447 g/mol. The fraction of sp³-hybridized carbons (Fsp3) is 0.348. The zero-order valence-electron chi connectivity index (χ0n) is 17.5. The molecule has 0 aliphatic carbocycles. The largest absolute Gasteiger partial charge is 0.416 e. The monoisotopic (exact) mass is 447 g/mol. The van der Waals surface area contributed by atoms with Crippen LogP contribution in [0.3, 0.4) is 0 Å². The van der Waals surface area contributed by atoms with Gasteiger partial charge in [0.2, 0.25) is 11.8 Å². The summed E-state index contributed by atoms with van der Waals surface area (Å²) in [5, 5.41) is 5.57. The summed E-state index contributed by atoms with van der Waals surface area (Å²) in [5.41, 5.74) is 0.536. The molecule has 0 saturated carbocycles. The molecule has 1 aliphatic rings. The van der Waals surface area contributed by atoms with E-state index in [0.29, 0.717) is 43.7 Å². The predicted molar refractivity (Wildman–Crippen MR) is 114 cm³/mol. The van der Waals surface area contributed by atoms with Gasteiger partial charge in [0.05, 0.1) is 5.56 Å². The maximum absolute atomic E-state index is 12.7. The molecule has 1 saturated heterocycles. The maximum Gasteiger partial charge on any atom is 0.416 e. The minimum atomic E-state index is -4.45. The minimum absolute atomic E-state index is 0.126. The summed E-state index contributed by atoms with van der Waals surface area (Å²) in [6, 6.07) is 11.0. The van der Waals surface area contributed by atoms with E-state index in [1.54, 1.807) is 36.1 Å². The number of hydrogen-bond donors (Lipinski definition) is 2. The summed E-state index contributed by atoms with van der Waals surface area (Å²) in [7, 11) is 0. The highest BCUT2D eigenvalue weighted by molar-refractivity contribution is 5.96. The third-order valence-corrected chi connectivity index (χ3v) is 5.35. The summed E-state index contributed by atoms with van der Waals surface area (Å²) in [6.45, 7) is 2.42. The normalized spacial score (nSPS) is 14.7. The van der Waals surface area contributed by atoms with Crippen LogP contribution in [-0.4, -0.2) is 35.7 Å². The molecule has 1 heterocycles. The third-order valence-electron chi connectivity index (χ3n) is 5.35. The van der Waals surface area contributed by atoms with Crippen molar-refractivity contribution >= 4 is 29.1 Å². The van der Waals surface area contributed by atoms with Crippen molar-refractivity contribution in [3.05, 3.63) is 59.7 Å². The first kappa shape index (κ1) is 23.3. The van der Waals surface area contributed by atoms with Crippen molar-refractivity contribution in [2.45, 2.75) is 32.4 Å². The molecular weight excluding hydrogens is 423 g/mol. The Morgan fingerprint density at radius 3 is 2.12 bits per heavy atom. The van der Waals surface area contributed by atoms with E-state index in [0.717, 1.165) is 12.1 Å². The zero-order chi connectivity index (χ0) is 23.3. The standard InChI is InChI=1S/C23H24F3N3O3/c1-2-20(30)27-18-4-3-5-19(14-18)28-21(31)15-10-12-29(13-11-15)22(32)16-6-8-17(9-7-16)23(24,25)26/h3-9,14-15H,2,10-13H2,1H3,(H,27,30)(H,28,31). The van der Waals surface area contributed by atoms with Crippen LogP contribution < -0.4 is 10.6 Å². The lowest BCUT2D eigenvalue weighted by atomic mass is 9.95. The molecular formula is C23H24F3N3O3. The van der Waals surface area contributed by atoms with Gasteiger partial charge in [-0.25, -0.2) is 0 Å². The van der Waals surface area contributed by atoms with Crippen LogP contribution >= 0.6 is 0 Å². The number of rotatable bonds is 5. The number of amides is 3. The maximum atomic E-state index is 12.7. The van der Waals surface area contributed by atoms with Gasteiger partial charge in [0.25, 0.3) is 5.91 Å². The van der Waals surface area contributed by atoms with Crippen molar-refractivity contribution in [2.75, 3.05) is 23.7 Å². The van der Waals surface area contributed by atoms with E-state index in [-0.39, 0.29) is 29.2 Å². The number of carbonyl (C=O) groups is 3. The molecule has 1 aliphatic heterocycles. The molecule has 9 heteroatoms. The number of nitrogens with zero attached hydrogens (tertiary/aromatic N) is 1. The Balaban J connectivity index is 1.54. The van der Waals surface area contributed by atoms with E-state index in [4.69, 9.17) is 0 Å². The number of benzene rings is 2. The van der Waals surface area contributed by atoms with Crippen molar-refractivity contribution in [3.8, 4) is 0 Å². The van der Waals surface area contributed by atoms with Gasteiger partial charge in [0, 0.05) is 42.4 Å². The number of alkyl halides is 3. The van der Waals surface area contributed by atoms with Gasteiger partial charge < -0.3 is 15.5 Å². The van der Waals surface area contributed by atoms with E-state index in [1.807, 2.05) is 0 Å². The lowest BCUT2D eigenvalue weighted by molar-refractivity contribution is -0.137. The van der Waals surface area contributed by atoms with Crippen molar-refractivity contribution < 1.29 is 27.6 Å². The number of anilines is 2. The summed E-state index contributed by atoms with van der Waals surface area (Å²) in [4.78, 5) is 38.3. The van der Waals surface area contributed by atoms with E-state index < -0.39 is 11.7 Å². The van der Waals surface area contributed by atoms with E-state index in [2.05, 4.69) is 10.6 Å². The molecule has 32 heavy (non-hydrogen) atoms. The van der Waals surface area contributed by atoms with Gasteiger partial charge in [-0.05, 0) is 55.3 Å². The fourth-order valence-electron chi connectivity index (χ4n) is 3.50. The number of likely N-dealkylation sites (tertiary alicyclic amines) is 1. The number of hydrogen-bond acceptors (Lipinski definition) is 3. The Labute approximate surface area is 183 Å². The van der Waals surface area contributed by atoms with Crippen LogP contribution in [-0.2, 0) is 15.8 Å². The summed E-state index contributed by atoms with van der Waals surface area (Å²) < 4.78 is 38.1. The first-order valence-corrected chi connectivity index (χ1v) is 10.3. The summed E-state index contributed by atoms with van der Waals surface area (Å²) in [5.74, 6) is -0.943. The van der Waals surface area contributed by atoms with E-state index in [1.165, 1.54) is 12.1 Å². The SMILES string of the molecule is CCC(=O)Nc1cccc(NC(=O)C2CCN(C(=O)c3ccc(C(F)(F)F)cc3)CC2)c1. The van der Waals surface area contributed by atoms with Crippen LogP contribution in [0.2, 0.25) is 0 Å². The van der Waals surface area contributed by atoms with Crippen molar-refractivity contribution in [1.29, 1.82) is 0 Å². The molecule has 2 N–H and O–H groups in total. The second-order valence-electron chi connectivity index (χ2n) is 7.61. The van der Waals surface area contributed by atoms with Crippen LogP contribution in [0.15, 0.2) is 48.5 Å². The Bertz CT molecular complexity index is 982. The zero-order valence-corrected chi connectivity index (χ0v) is 17.5. The Morgan fingerprint density at radius 2 is 1.56 bits per heavy atom.